The molecule has 0 saturated heterocycles. The van der Waals surface area contributed by atoms with Gasteiger partial charge in [-0.3, -0.25) is 9.59 Å². The molecule has 2 aromatic carbocycles. The first-order valence-electron chi connectivity index (χ1n) is 8.30. The van der Waals surface area contributed by atoms with Crippen LogP contribution in [0, 0.1) is 0 Å². The van der Waals surface area contributed by atoms with Gasteiger partial charge in [-0.2, -0.15) is 0 Å². The molecule has 0 fully saturated rings. The molecule has 0 heterocycles. The summed E-state index contributed by atoms with van der Waals surface area (Å²) in [6, 6.07) is 14.4. The first kappa shape index (κ1) is 20.2. The molecular weight excluding hydrogens is 373 g/mol. The van der Waals surface area contributed by atoms with Crippen LogP contribution in [0.25, 0.3) is 0 Å². The fourth-order valence-electron chi connectivity index (χ4n) is 2.41. The minimum atomic E-state index is -0.154. The number of anilines is 1. The molecule has 138 valence electrons. The Hall–Kier alpha value is -2.08. The Bertz CT molecular complexity index is 733. The van der Waals surface area contributed by atoms with Crippen LogP contribution in [0.15, 0.2) is 48.5 Å². The highest BCUT2D eigenvalue weighted by Gasteiger charge is 2.14. The number of nitrogens with one attached hydrogen (secondary N) is 3. The summed E-state index contributed by atoms with van der Waals surface area (Å²) in [7, 11) is 1.81. The van der Waals surface area contributed by atoms with Gasteiger partial charge in [0.2, 0.25) is 0 Å². The number of likely N-dealkylation sites (N-methyl/N-ethyl adjacent to an activating group) is 1. The van der Waals surface area contributed by atoms with Gasteiger partial charge in [0.1, 0.15) is 0 Å². The lowest BCUT2D eigenvalue weighted by molar-refractivity contribution is -0.862. The number of benzene rings is 2. The van der Waals surface area contributed by atoms with Gasteiger partial charge < -0.3 is 15.5 Å². The van der Waals surface area contributed by atoms with Crippen molar-refractivity contribution in [3.05, 3.63) is 64.1 Å². The van der Waals surface area contributed by atoms with E-state index in [1.807, 2.05) is 24.3 Å². The number of carbonyl (C=O) groups is 2. The number of rotatable bonds is 8. The van der Waals surface area contributed by atoms with E-state index in [1.165, 1.54) is 0 Å². The molecule has 7 heteroatoms. The van der Waals surface area contributed by atoms with Crippen molar-refractivity contribution in [2.45, 2.75) is 6.42 Å². The van der Waals surface area contributed by atoms with Crippen LogP contribution in [-0.2, 0) is 16.0 Å². The molecule has 2 aromatic rings. The number of amides is 2. The molecule has 0 bridgehead atoms. The van der Waals surface area contributed by atoms with Gasteiger partial charge in [0.25, 0.3) is 11.8 Å². The Kier molecular flexibility index (Phi) is 7.91. The van der Waals surface area contributed by atoms with Gasteiger partial charge in [0.05, 0.1) is 7.05 Å². The van der Waals surface area contributed by atoms with Gasteiger partial charge in [0.15, 0.2) is 13.1 Å². The fraction of sp³-hybridized carbons (Fsp3) is 0.263. The number of halogens is 2. The van der Waals surface area contributed by atoms with E-state index in [4.69, 9.17) is 23.2 Å². The zero-order valence-electron chi connectivity index (χ0n) is 14.5. The van der Waals surface area contributed by atoms with E-state index >= 15 is 0 Å². The number of hydrogen-bond acceptors (Lipinski definition) is 2. The lowest BCUT2D eigenvalue weighted by atomic mass is 10.1. The fourth-order valence-corrected chi connectivity index (χ4v) is 2.66. The Labute approximate surface area is 163 Å². The van der Waals surface area contributed by atoms with Gasteiger partial charge >= 0.3 is 0 Å². The second kappa shape index (κ2) is 10.2. The van der Waals surface area contributed by atoms with Crippen LogP contribution in [0.2, 0.25) is 10.0 Å². The first-order chi connectivity index (χ1) is 12.4. The van der Waals surface area contributed by atoms with E-state index < -0.39 is 0 Å². The highest BCUT2D eigenvalue weighted by atomic mass is 35.5. The van der Waals surface area contributed by atoms with Gasteiger partial charge in [-0.1, -0.05) is 35.3 Å². The SMILES string of the molecule is C[NH+](CC(=O)NCCc1ccc(Cl)cc1)CC(=O)Nc1ccc(Cl)cc1. The lowest BCUT2D eigenvalue weighted by Crippen LogP contribution is -3.11. The zero-order chi connectivity index (χ0) is 18.9. The van der Waals surface area contributed by atoms with E-state index in [0.29, 0.717) is 22.3 Å². The van der Waals surface area contributed by atoms with E-state index in [0.717, 1.165) is 16.9 Å². The van der Waals surface area contributed by atoms with Crippen molar-refractivity contribution in [2.75, 3.05) is 32.0 Å². The largest absolute Gasteiger partial charge is 0.351 e. The van der Waals surface area contributed by atoms with Crippen LogP contribution < -0.4 is 15.5 Å². The molecule has 1 atom stereocenters. The van der Waals surface area contributed by atoms with Gasteiger partial charge in [-0.15, -0.1) is 0 Å². The van der Waals surface area contributed by atoms with Crippen LogP contribution in [0.4, 0.5) is 5.69 Å². The summed E-state index contributed by atoms with van der Waals surface area (Å²) in [5.74, 6) is -0.241. The second-order valence-corrected chi connectivity index (χ2v) is 6.97. The van der Waals surface area contributed by atoms with E-state index in [1.54, 1.807) is 31.3 Å². The average molecular weight is 395 g/mol. The van der Waals surface area contributed by atoms with Crippen molar-refractivity contribution in [1.29, 1.82) is 0 Å². The van der Waals surface area contributed by atoms with Crippen LogP contribution in [0.1, 0.15) is 5.56 Å². The predicted octanol–water partition coefficient (Wildman–Crippen LogP) is 1.81. The predicted molar refractivity (Wildman–Crippen MR) is 105 cm³/mol. The average Bonchev–Trinajstić information content (AvgIpc) is 2.58. The Morgan fingerprint density at radius 3 is 2.04 bits per heavy atom. The molecule has 1 unspecified atom stereocenters. The van der Waals surface area contributed by atoms with Gasteiger partial charge in [0, 0.05) is 22.3 Å². The third-order valence-electron chi connectivity index (χ3n) is 3.70. The molecule has 2 rings (SSSR count). The smallest absolute Gasteiger partial charge is 0.279 e. The molecule has 5 nitrogen and oxygen atoms in total. The summed E-state index contributed by atoms with van der Waals surface area (Å²) in [4.78, 5) is 24.8. The van der Waals surface area contributed by atoms with Crippen LogP contribution in [0.3, 0.4) is 0 Å². The second-order valence-electron chi connectivity index (χ2n) is 6.09. The number of quaternary nitrogens is 1. The lowest BCUT2D eigenvalue weighted by Gasteiger charge is -2.14. The molecule has 0 aliphatic heterocycles. The third-order valence-corrected chi connectivity index (χ3v) is 4.21. The normalized spacial score (nSPS) is 11.7. The van der Waals surface area contributed by atoms with Crippen molar-refractivity contribution in [3.63, 3.8) is 0 Å². The van der Waals surface area contributed by atoms with Crippen molar-refractivity contribution in [2.24, 2.45) is 0 Å². The summed E-state index contributed by atoms with van der Waals surface area (Å²) in [5, 5.41) is 6.95. The van der Waals surface area contributed by atoms with E-state index in [2.05, 4.69) is 10.6 Å². The van der Waals surface area contributed by atoms with Crippen LogP contribution in [0.5, 0.6) is 0 Å². The number of carbonyl (C=O) groups excluding carboxylic acids is 2. The van der Waals surface area contributed by atoms with Crippen LogP contribution in [-0.4, -0.2) is 38.5 Å². The minimum Gasteiger partial charge on any atom is -0.351 e. The molecule has 0 saturated carbocycles. The Morgan fingerprint density at radius 2 is 1.42 bits per heavy atom. The molecule has 0 spiro atoms. The maximum Gasteiger partial charge on any atom is 0.279 e. The van der Waals surface area contributed by atoms with Crippen molar-refractivity contribution in [3.8, 4) is 0 Å². The van der Waals surface area contributed by atoms with Gasteiger partial charge in [-0.05, 0) is 48.4 Å². The maximum atomic E-state index is 12.0. The van der Waals surface area contributed by atoms with Gasteiger partial charge in [-0.25, -0.2) is 0 Å². The first-order valence-corrected chi connectivity index (χ1v) is 9.06. The summed E-state index contributed by atoms with van der Waals surface area (Å²) in [6.45, 7) is 0.979. The van der Waals surface area contributed by atoms with E-state index in [-0.39, 0.29) is 24.9 Å². The number of hydrogen-bond donors (Lipinski definition) is 3. The molecule has 26 heavy (non-hydrogen) atoms. The molecule has 0 radical (unpaired) electrons. The minimum absolute atomic E-state index is 0.0873. The van der Waals surface area contributed by atoms with Crippen molar-refractivity contribution < 1.29 is 14.5 Å². The quantitative estimate of drug-likeness (QED) is 0.639. The van der Waals surface area contributed by atoms with Crippen LogP contribution >= 0.6 is 23.2 Å². The van der Waals surface area contributed by atoms with Crippen molar-refractivity contribution >= 4 is 40.7 Å². The standard InChI is InChI=1S/C19H21Cl2N3O2/c1-24(13-19(26)23-17-8-6-16(21)7-9-17)12-18(25)22-11-10-14-2-4-15(20)5-3-14/h2-9H,10-13H2,1H3,(H,22,25)(H,23,26)/p+1. The Morgan fingerprint density at radius 1 is 0.885 bits per heavy atom. The maximum absolute atomic E-state index is 12.0. The Balaban J connectivity index is 1.66. The summed E-state index contributed by atoms with van der Waals surface area (Å²) in [5.41, 5.74) is 1.79. The zero-order valence-corrected chi connectivity index (χ0v) is 16.0. The molecule has 3 N–H and O–H groups in total. The third kappa shape index (κ3) is 7.44. The van der Waals surface area contributed by atoms with E-state index in [9.17, 15) is 9.59 Å². The summed E-state index contributed by atoms with van der Waals surface area (Å²) >= 11 is 11.7. The van der Waals surface area contributed by atoms with Crippen molar-refractivity contribution in [1.82, 2.24) is 5.32 Å². The molecule has 2 amide bonds. The summed E-state index contributed by atoms with van der Waals surface area (Å²) in [6.07, 6.45) is 0.735. The monoisotopic (exact) mass is 394 g/mol. The molecule has 0 aromatic heterocycles. The topological polar surface area (TPSA) is 62.6 Å². The summed E-state index contributed by atoms with van der Waals surface area (Å²) < 4.78 is 0. The highest BCUT2D eigenvalue weighted by Crippen LogP contribution is 2.13. The molecular formula is C19H22Cl2N3O2+. The molecule has 0 aliphatic rings. The highest BCUT2D eigenvalue weighted by molar-refractivity contribution is 6.30. The molecule has 0 aliphatic carbocycles.